The Morgan fingerprint density at radius 1 is 0.750 bits per heavy atom. The van der Waals surface area contributed by atoms with Crippen LogP contribution in [-0.2, 0) is 27.6 Å². The molecule has 2 aliphatic heterocycles. The van der Waals surface area contributed by atoms with Gasteiger partial charge < -0.3 is 14.5 Å². The van der Waals surface area contributed by atoms with Crippen LogP contribution >= 0.6 is 0 Å². The SMILES string of the molecule is Cc1cccc2c1c1cn2CNC(=O)Cn2cc(c3c(C)cccc32)C2=C1C(=O)NC2=O. The van der Waals surface area contributed by atoms with E-state index in [0.29, 0.717) is 22.3 Å². The van der Waals surface area contributed by atoms with Crippen LogP contribution in [0.2, 0.25) is 0 Å². The highest BCUT2D eigenvalue weighted by molar-refractivity contribution is 6.51. The zero-order chi connectivity index (χ0) is 22.1. The lowest BCUT2D eigenvalue weighted by Gasteiger charge is -2.10. The molecule has 4 aromatic rings. The van der Waals surface area contributed by atoms with Gasteiger partial charge in [-0.15, -0.1) is 0 Å². The van der Waals surface area contributed by atoms with E-state index in [1.54, 1.807) is 0 Å². The van der Waals surface area contributed by atoms with Crippen LogP contribution in [0.1, 0.15) is 22.3 Å². The normalized spacial score (nSPS) is 16.1. The number of aromatic nitrogens is 2. The molecule has 0 atom stereocenters. The van der Waals surface area contributed by atoms with Crippen molar-refractivity contribution in [1.82, 2.24) is 19.8 Å². The van der Waals surface area contributed by atoms with Gasteiger partial charge in [0.25, 0.3) is 11.8 Å². The number of fused-ring (bicyclic) bond motifs is 12. The lowest BCUT2D eigenvalue weighted by molar-refractivity contribution is -0.123. The van der Waals surface area contributed by atoms with Crippen LogP contribution in [0.3, 0.4) is 0 Å². The van der Waals surface area contributed by atoms with Crippen LogP contribution in [0.5, 0.6) is 0 Å². The average molecular weight is 424 g/mol. The van der Waals surface area contributed by atoms with Gasteiger partial charge in [0.2, 0.25) is 5.91 Å². The van der Waals surface area contributed by atoms with E-state index in [9.17, 15) is 14.4 Å². The van der Waals surface area contributed by atoms with E-state index < -0.39 is 11.8 Å². The Labute approximate surface area is 183 Å². The molecule has 2 N–H and O–H groups in total. The minimum atomic E-state index is -0.414. The molecule has 0 radical (unpaired) electrons. The number of rotatable bonds is 0. The molecule has 7 nitrogen and oxygen atoms in total. The third-order valence-corrected chi connectivity index (χ3v) is 6.46. The fourth-order valence-corrected chi connectivity index (χ4v) is 5.06. The van der Waals surface area contributed by atoms with Crippen molar-refractivity contribution in [3.63, 3.8) is 0 Å². The van der Waals surface area contributed by atoms with E-state index in [-0.39, 0.29) is 19.1 Å². The first-order chi connectivity index (χ1) is 15.4. The van der Waals surface area contributed by atoms with E-state index in [2.05, 4.69) is 10.6 Å². The standard InChI is InChI=1S/C25H20N4O3/c1-13-5-3-7-17-20(13)15-9-28(17)11-19(30)26-12-29-10-16(21-14(2)6-4-8-18(21)29)23-22(15)24(31)27-25(23)32/h3-10H,11-12H2,1-2H3,(H,26,30)(H,27,31,32). The minimum absolute atomic E-state index is 0.114. The molecule has 2 aliphatic rings. The Hall–Kier alpha value is -4.13. The van der Waals surface area contributed by atoms with Crippen molar-refractivity contribution in [3.8, 4) is 0 Å². The van der Waals surface area contributed by atoms with Gasteiger partial charge in [0.15, 0.2) is 0 Å². The Kier molecular flexibility index (Phi) is 3.74. The lowest BCUT2D eigenvalue weighted by Crippen LogP contribution is -2.29. The molecule has 7 heteroatoms. The average Bonchev–Trinajstić information content (AvgIpc) is 3.38. The van der Waals surface area contributed by atoms with Gasteiger partial charge >= 0.3 is 0 Å². The highest BCUT2D eigenvalue weighted by Crippen LogP contribution is 2.40. The monoisotopic (exact) mass is 424 g/mol. The predicted molar refractivity (Wildman–Crippen MR) is 121 cm³/mol. The first kappa shape index (κ1) is 18.6. The summed E-state index contributed by atoms with van der Waals surface area (Å²) in [5.74, 6) is -0.945. The first-order valence-electron chi connectivity index (χ1n) is 10.5. The molecule has 0 saturated heterocycles. The predicted octanol–water partition coefficient (Wildman–Crippen LogP) is 2.87. The minimum Gasteiger partial charge on any atom is -0.337 e. The molecular weight excluding hydrogens is 404 g/mol. The molecule has 2 aromatic heterocycles. The number of carbonyl (C=O) groups excluding carboxylic acids is 3. The summed E-state index contributed by atoms with van der Waals surface area (Å²) in [5, 5.41) is 7.27. The number of amides is 3. The zero-order valence-corrected chi connectivity index (χ0v) is 17.7. The molecule has 0 aliphatic carbocycles. The second-order valence-electron chi connectivity index (χ2n) is 8.41. The highest BCUT2D eigenvalue weighted by Gasteiger charge is 2.36. The van der Waals surface area contributed by atoms with Crippen molar-refractivity contribution in [2.75, 3.05) is 0 Å². The molecule has 0 unspecified atom stereocenters. The van der Waals surface area contributed by atoms with Crippen molar-refractivity contribution in [3.05, 3.63) is 71.0 Å². The Morgan fingerprint density at radius 3 is 1.88 bits per heavy atom. The summed E-state index contributed by atoms with van der Waals surface area (Å²) in [5.41, 5.74) is 5.82. The van der Waals surface area contributed by atoms with Gasteiger partial charge in [-0.1, -0.05) is 24.3 Å². The Bertz CT molecular complexity index is 1550. The largest absolute Gasteiger partial charge is 0.337 e. The van der Waals surface area contributed by atoms with Crippen molar-refractivity contribution in [2.45, 2.75) is 27.1 Å². The number of nitrogens with zero attached hydrogens (tertiary/aromatic N) is 2. The van der Waals surface area contributed by atoms with Crippen LogP contribution in [0.4, 0.5) is 0 Å². The molecular formula is C25H20N4O3. The van der Waals surface area contributed by atoms with Crippen LogP contribution in [0.15, 0.2) is 48.8 Å². The van der Waals surface area contributed by atoms with Gasteiger partial charge in [-0.3, -0.25) is 19.7 Å². The smallest absolute Gasteiger partial charge is 0.259 e. The topological polar surface area (TPSA) is 85.1 Å². The van der Waals surface area contributed by atoms with Gasteiger partial charge in [-0.25, -0.2) is 0 Å². The number of hydrogen-bond donors (Lipinski definition) is 2. The zero-order valence-electron chi connectivity index (χ0n) is 17.7. The fraction of sp³-hybridized carbons (Fsp3) is 0.160. The molecule has 0 spiro atoms. The van der Waals surface area contributed by atoms with Crippen molar-refractivity contribution in [1.29, 1.82) is 0 Å². The van der Waals surface area contributed by atoms with Gasteiger partial charge in [0.05, 0.1) is 23.3 Å². The van der Waals surface area contributed by atoms with Crippen LogP contribution < -0.4 is 10.6 Å². The van der Waals surface area contributed by atoms with Crippen LogP contribution in [0, 0.1) is 13.8 Å². The second-order valence-corrected chi connectivity index (χ2v) is 8.41. The van der Waals surface area contributed by atoms with Gasteiger partial charge in [0.1, 0.15) is 6.54 Å². The number of aryl methyl sites for hydroxylation is 2. The molecule has 4 heterocycles. The fourth-order valence-electron chi connectivity index (χ4n) is 5.06. The van der Waals surface area contributed by atoms with E-state index in [4.69, 9.17) is 0 Å². The second kappa shape index (κ2) is 6.43. The van der Waals surface area contributed by atoms with Gasteiger partial charge in [-0.05, 0) is 37.1 Å². The van der Waals surface area contributed by atoms with Gasteiger partial charge in [-0.2, -0.15) is 0 Å². The third-order valence-electron chi connectivity index (χ3n) is 6.46. The quantitative estimate of drug-likeness (QED) is 0.426. The maximum Gasteiger partial charge on any atom is 0.259 e. The van der Waals surface area contributed by atoms with Gasteiger partial charge in [0, 0.05) is 39.8 Å². The molecule has 2 aromatic carbocycles. The molecule has 32 heavy (non-hydrogen) atoms. The number of carbonyl (C=O) groups is 3. The Morgan fingerprint density at radius 2 is 1.28 bits per heavy atom. The summed E-state index contributed by atoms with van der Waals surface area (Å²) in [6, 6.07) is 11.7. The summed E-state index contributed by atoms with van der Waals surface area (Å²) < 4.78 is 3.77. The lowest BCUT2D eigenvalue weighted by atomic mass is 9.93. The molecule has 0 fully saturated rings. The summed E-state index contributed by atoms with van der Waals surface area (Å²) in [6.45, 7) is 4.34. The van der Waals surface area contributed by atoms with Crippen molar-refractivity contribution in [2.24, 2.45) is 0 Å². The summed E-state index contributed by atoms with van der Waals surface area (Å²) in [7, 11) is 0. The van der Waals surface area contributed by atoms with Crippen molar-refractivity contribution >= 4 is 50.7 Å². The first-order valence-corrected chi connectivity index (χ1v) is 10.5. The van der Waals surface area contributed by atoms with E-state index in [1.165, 1.54) is 0 Å². The summed E-state index contributed by atoms with van der Waals surface area (Å²) >= 11 is 0. The highest BCUT2D eigenvalue weighted by atomic mass is 16.2. The van der Waals surface area contributed by atoms with Crippen LogP contribution in [0.25, 0.3) is 33.0 Å². The number of hydrogen-bond acceptors (Lipinski definition) is 3. The molecule has 4 bridgehead atoms. The van der Waals surface area contributed by atoms with E-state index in [0.717, 1.165) is 32.9 Å². The summed E-state index contributed by atoms with van der Waals surface area (Å²) in [6.07, 6.45) is 3.68. The molecule has 158 valence electrons. The molecule has 6 rings (SSSR count). The van der Waals surface area contributed by atoms with E-state index >= 15 is 0 Å². The number of benzene rings is 2. The maximum absolute atomic E-state index is 13.1. The Balaban J connectivity index is 1.80. The molecule has 0 saturated carbocycles. The number of nitrogens with one attached hydrogen (secondary N) is 2. The number of imide groups is 1. The summed E-state index contributed by atoms with van der Waals surface area (Å²) in [4.78, 5) is 39.0. The van der Waals surface area contributed by atoms with E-state index in [1.807, 2.05) is 71.8 Å². The third kappa shape index (κ3) is 2.45. The van der Waals surface area contributed by atoms with Crippen LogP contribution in [-0.4, -0.2) is 26.9 Å². The maximum atomic E-state index is 13.1. The van der Waals surface area contributed by atoms with Crippen molar-refractivity contribution < 1.29 is 14.4 Å². The molecule has 3 amide bonds.